The van der Waals surface area contributed by atoms with Crippen LogP contribution in [0.15, 0.2) is 42.5 Å². The summed E-state index contributed by atoms with van der Waals surface area (Å²) in [6, 6.07) is 12.4. The monoisotopic (exact) mass is 427 g/mol. The molecule has 156 valence electrons. The lowest BCUT2D eigenvalue weighted by Crippen LogP contribution is -2.21. The predicted molar refractivity (Wildman–Crippen MR) is 115 cm³/mol. The van der Waals surface area contributed by atoms with Crippen molar-refractivity contribution < 1.29 is 14.3 Å². The number of carbonyl (C=O) groups is 2. The number of ether oxygens (including phenoxy) is 1. The van der Waals surface area contributed by atoms with Gasteiger partial charge in [-0.2, -0.15) is 0 Å². The molecule has 0 saturated heterocycles. The number of anilines is 2. The van der Waals surface area contributed by atoms with Crippen LogP contribution in [0, 0.1) is 13.8 Å². The van der Waals surface area contributed by atoms with E-state index >= 15 is 0 Å². The lowest BCUT2D eigenvalue weighted by Gasteiger charge is -2.09. The number of carbonyl (C=O) groups excluding carboxylic acids is 2. The molecule has 0 aliphatic carbocycles. The smallest absolute Gasteiger partial charge is 0.278 e. The number of halogens is 1. The van der Waals surface area contributed by atoms with Gasteiger partial charge in [0.2, 0.25) is 5.91 Å². The molecule has 3 aromatic rings. The first-order valence-corrected chi connectivity index (χ1v) is 9.75. The fourth-order valence-electron chi connectivity index (χ4n) is 2.76. The van der Waals surface area contributed by atoms with E-state index in [2.05, 4.69) is 20.9 Å². The molecule has 0 aliphatic rings. The minimum Gasteiger partial charge on any atom is -0.494 e. The highest BCUT2D eigenvalue weighted by molar-refractivity contribution is 6.33. The molecule has 2 amide bonds. The third-order valence-electron chi connectivity index (χ3n) is 4.31. The first-order valence-electron chi connectivity index (χ1n) is 9.37. The van der Waals surface area contributed by atoms with Gasteiger partial charge in [-0.25, -0.2) is 4.68 Å². The number of hydrogen-bond acceptors (Lipinski definition) is 5. The van der Waals surface area contributed by atoms with Gasteiger partial charge in [-0.1, -0.05) is 22.9 Å². The van der Waals surface area contributed by atoms with Gasteiger partial charge in [0, 0.05) is 5.69 Å². The van der Waals surface area contributed by atoms with E-state index in [-0.39, 0.29) is 18.1 Å². The third kappa shape index (κ3) is 5.15. The van der Waals surface area contributed by atoms with Gasteiger partial charge in [0.1, 0.15) is 12.3 Å². The van der Waals surface area contributed by atoms with Gasteiger partial charge in [-0.3, -0.25) is 9.59 Å². The molecular formula is C21H22ClN5O3. The molecule has 2 aromatic carbocycles. The van der Waals surface area contributed by atoms with Crippen LogP contribution in [0.1, 0.15) is 28.7 Å². The quantitative estimate of drug-likeness (QED) is 0.597. The summed E-state index contributed by atoms with van der Waals surface area (Å²) in [6.07, 6.45) is 0. The van der Waals surface area contributed by atoms with Crippen LogP contribution in [0.25, 0.3) is 0 Å². The second-order valence-electron chi connectivity index (χ2n) is 6.62. The minimum atomic E-state index is -0.412. The Kier molecular flexibility index (Phi) is 6.68. The van der Waals surface area contributed by atoms with Crippen LogP contribution >= 0.6 is 11.6 Å². The maximum atomic E-state index is 12.5. The molecule has 0 radical (unpaired) electrons. The second-order valence-corrected chi connectivity index (χ2v) is 7.03. The predicted octanol–water partition coefficient (Wildman–Crippen LogP) is 3.84. The summed E-state index contributed by atoms with van der Waals surface area (Å²) >= 11 is 6.15. The standard InChI is InChI=1S/C21H22ClN5O3/c1-4-30-16-8-6-15(7-9-16)23-21(29)20-14(3)27(26-25-20)12-19(28)24-18-10-5-13(2)11-17(18)22/h5-11H,4,12H2,1-3H3,(H,23,29)(H,24,28). The fraction of sp³-hybridized carbons (Fsp3) is 0.238. The first-order chi connectivity index (χ1) is 14.4. The van der Waals surface area contributed by atoms with E-state index in [9.17, 15) is 9.59 Å². The van der Waals surface area contributed by atoms with Gasteiger partial charge in [-0.15, -0.1) is 5.10 Å². The Labute approximate surface area is 179 Å². The molecular weight excluding hydrogens is 406 g/mol. The van der Waals surface area contributed by atoms with Crippen LogP contribution in [0.4, 0.5) is 11.4 Å². The third-order valence-corrected chi connectivity index (χ3v) is 4.63. The number of rotatable bonds is 7. The molecule has 1 aromatic heterocycles. The average Bonchev–Trinajstić information content (AvgIpc) is 3.06. The van der Waals surface area contributed by atoms with Crippen molar-refractivity contribution in [2.24, 2.45) is 0 Å². The van der Waals surface area contributed by atoms with E-state index in [4.69, 9.17) is 16.3 Å². The van der Waals surface area contributed by atoms with Gasteiger partial charge in [0.05, 0.1) is 23.0 Å². The number of nitrogens with one attached hydrogen (secondary N) is 2. The van der Waals surface area contributed by atoms with E-state index < -0.39 is 5.91 Å². The molecule has 3 rings (SSSR count). The minimum absolute atomic E-state index is 0.0978. The number of aryl methyl sites for hydroxylation is 1. The Balaban J connectivity index is 1.64. The SMILES string of the molecule is CCOc1ccc(NC(=O)c2nnn(CC(=O)Nc3ccc(C)cc3Cl)c2C)cc1. The fourth-order valence-corrected chi connectivity index (χ4v) is 3.04. The zero-order chi connectivity index (χ0) is 21.7. The summed E-state index contributed by atoms with van der Waals surface area (Å²) in [7, 11) is 0. The molecule has 30 heavy (non-hydrogen) atoms. The Morgan fingerprint density at radius 1 is 1.10 bits per heavy atom. The summed E-state index contributed by atoms with van der Waals surface area (Å²) < 4.78 is 6.75. The Morgan fingerprint density at radius 3 is 2.50 bits per heavy atom. The first kappa shape index (κ1) is 21.3. The van der Waals surface area contributed by atoms with Crippen LogP contribution in [-0.2, 0) is 11.3 Å². The van der Waals surface area contributed by atoms with Crippen molar-refractivity contribution in [1.29, 1.82) is 0 Å². The van der Waals surface area contributed by atoms with Gasteiger partial charge in [0.25, 0.3) is 5.91 Å². The molecule has 9 heteroatoms. The number of nitrogens with zero attached hydrogens (tertiary/aromatic N) is 3. The Morgan fingerprint density at radius 2 is 1.83 bits per heavy atom. The topological polar surface area (TPSA) is 98.1 Å². The zero-order valence-electron chi connectivity index (χ0n) is 16.9. The van der Waals surface area contributed by atoms with Crippen molar-refractivity contribution in [1.82, 2.24) is 15.0 Å². The van der Waals surface area contributed by atoms with Crippen LogP contribution in [0.5, 0.6) is 5.75 Å². The van der Waals surface area contributed by atoms with Crippen molar-refractivity contribution in [3.63, 3.8) is 0 Å². The number of benzene rings is 2. The maximum absolute atomic E-state index is 12.5. The lowest BCUT2D eigenvalue weighted by atomic mass is 10.2. The molecule has 0 bridgehead atoms. The van der Waals surface area contributed by atoms with Crippen molar-refractivity contribution in [2.75, 3.05) is 17.2 Å². The van der Waals surface area contributed by atoms with Crippen molar-refractivity contribution in [3.8, 4) is 5.75 Å². The summed E-state index contributed by atoms with van der Waals surface area (Å²) in [6.45, 7) is 5.96. The normalized spacial score (nSPS) is 10.5. The molecule has 0 saturated carbocycles. The molecule has 8 nitrogen and oxygen atoms in total. The largest absolute Gasteiger partial charge is 0.494 e. The summed E-state index contributed by atoms with van der Waals surface area (Å²) in [5.41, 5.74) is 2.73. The van der Waals surface area contributed by atoms with Gasteiger partial charge >= 0.3 is 0 Å². The number of amides is 2. The van der Waals surface area contributed by atoms with Crippen molar-refractivity contribution >= 4 is 34.8 Å². The molecule has 0 unspecified atom stereocenters. The van der Waals surface area contributed by atoms with Crippen molar-refractivity contribution in [3.05, 3.63) is 64.4 Å². The Hall–Kier alpha value is -3.39. The van der Waals surface area contributed by atoms with Crippen LogP contribution < -0.4 is 15.4 Å². The van der Waals surface area contributed by atoms with Gasteiger partial charge in [0.15, 0.2) is 5.69 Å². The number of aromatic nitrogens is 3. The number of hydrogen-bond donors (Lipinski definition) is 2. The van der Waals surface area contributed by atoms with E-state index in [1.807, 2.05) is 19.9 Å². The highest BCUT2D eigenvalue weighted by Crippen LogP contribution is 2.22. The summed E-state index contributed by atoms with van der Waals surface area (Å²) in [5.74, 6) is -0.0190. The van der Waals surface area contributed by atoms with Crippen LogP contribution in [0.2, 0.25) is 5.02 Å². The maximum Gasteiger partial charge on any atom is 0.278 e. The highest BCUT2D eigenvalue weighted by atomic mass is 35.5. The molecule has 0 spiro atoms. The lowest BCUT2D eigenvalue weighted by molar-refractivity contribution is -0.117. The molecule has 1 heterocycles. The zero-order valence-corrected chi connectivity index (χ0v) is 17.7. The van der Waals surface area contributed by atoms with Gasteiger partial charge in [-0.05, 0) is 62.7 Å². The van der Waals surface area contributed by atoms with Crippen LogP contribution in [-0.4, -0.2) is 33.4 Å². The molecule has 0 aliphatic heterocycles. The second kappa shape index (κ2) is 9.41. The van der Waals surface area contributed by atoms with E-state index in [0.29, 0.717) is 28.7 Å². The summed E-state index contributed by atoms with van der Waals surface area (Å²) in [4.78, 5) is 24.9. The van der Waals surface area contributed by atoms with E-state index in [0.717, 1.165) is 11.3 Å². The van der Waals surface area contributed by atoms with E-state index in [1.165, 1.54) is 4.68 Å². The van der Waals surface area contributed by atoms with Gasteiger partial charge < -0.3 is 15.4 Å². The average molecular weight is 428 g/mol. The van der Waals surface area contributed by atoms with Crippen LogP contribution in [0.3, 0.4) is 0 Å². The summed E-state index contributed by atoms with van der Waals surface area (Å²) in [5, 5.41) is 13.8. The molecule has 0 atom stereocenters. The van der Waals surface area contributed by atoms with E-state index in [1.54, 1.807) is 43.3 Å². The Bertz CT molecular complexity index is 1060. The van der Waals surface area contributed by atoms with Crippen molar-refractivity contribution in [2.45, 2.75) is 27.3 Å². The highest BCUT2D eigenvalue weighted by Gasteiger charge is 2.18. The molecule has 0 fully saturated rings. The molecule has 2 N–H and O–H groups in total.